The molecule has 1 aliphatic rings. The molecule has 0 spiro atoms. The number of hydrogen-bond acceptors (Lipinski definition) is 2. The molecule has 2 aromatic rings. The fourth-order valence-corrected chi connectivity index (χ4v) is 3.86. The summed E-state index contributed by atoms with van der Waals surface area (Å²) in [7, 11) is 0. The maximum absolute atomic E-state index is 13.9. The maximum atomic E-state index is 13.9. The van der Waals surface area contributed by atoms with Crippen molar-refractivity contribution in [2.24, 2.45) is 0 Å². The molecule has 1 heterocycles. The van der Waals surface area contributed by atoms with Gasteiger partial charge in [0.1, 0.15) is 0 Å². The van der Waals surface area contributed by atoms with Crippen LogP contribution >= 0.6 is 23.2 Å². The first-order chi connectivity index (χ1) is 13.9. The second kappa shape index (κ2) is 9.55. The quantitative estimate of drug-likeness (QED) is 0.688. The summed E-state index contributed by atoms with van der Waals surface area (Å²) in [6.45, 7) is 0.316. The van der Waals surface area contributed by atoms with E-state index < -0.39 is 11.6 Å². The summed E-state index contributed by atoms with van der Waals surface area (Å²) in [5.41, 5.74) is 0.931. The zero-order chi connectivity index (χ0) is 21.0. The third kappa shape index (κ3) is 5.25. The van der Waals surface area contributed by atoms with Gasteiger partial charge in [0, 0.05) is 37.5 Å². The molecule has 1 N–H and O–H groups in total. The molecule has 2 aromatic carbocycles. The number of carbonyl (C=O) groups excluding carboxylic acids is 2. The predicted molar refractivity (Wildman–Crippen MR) is 108 cm³/mol. The van der Waals surface area contributed by atoms with Crippen LogP contribution in [-0.4, -0.2) is 29.3 Å². The topological polar surface area (TPSA) is 49.4 Å². The molecular weight excluding hydrogens is 421 g/mol. The highest BCUT2D eigenvalue weighted by Gasteiger charge is 2.33. The van der Waals surface area contributed by atoms with Crippen LogP contribution in [0.4, 0.5) is 8.78 Å². The summed E-state index contributed by atoms with van der Waals surface area (Å²) < 4.78 is 27.4. The van der Waals surface area contributed by atoms with E-state index in [0.717, 1.165) is 11.6 Å². The third-order valence-electron chi connectivity index (χ3n) is 4.99. The fraction of sp³-hybridized carbons (Fsp3) is 0.333. The summed E-state index contributed by atoms with van der Waals surface area (Å²) in [5, 5.41) is 3.74. The van der Waals surface area contributed by atoms with Crippen molar-refractivity contribution in [2.75, 3.05) is 6.54 Å². The minimum absolute atomic E-state index is 0.0570. The maximum Gasteiger partial charge on any atom is 0.223 e. The van der Waals surface area contributed by atoms with Crippen molar-refractivity contribution in [1.29, 1.82) is 0 Å². The van der Waals surface area contributed by atoms with Crippen molar-refractivity contribution < 1.29 is 18.4 Å². The fourth-order valence-electron chi connectivity index (χ4n) is 3.44. The monoisotopic (exact) mass is 440 g/mol. The van der Waals surface area contributed by atoms with E-state index >= 15 is 0 Å². The number of nitrogens with zero attached hydrogens (tertiary/aromatic N) is 1. The summed E-state index contributed by atoms with van der Waals surface area (Å²) >= 11 is 12.1. The molecular formula is C21H20Cl2F2N2O2. The van der Waals surface area contributed by atoms with Gasteiger partial charge in [0.25, 0.3) is 0 Å². The highest BCUT2D eigenvalue weighted by molar-refractivity contribution is 6.42. The van der Waals surface area contributed by atoms with Crippen LogP contribution in [0.1, 0.15) is 30.4 Å². The Kier molecular flexibility index (Phi) is 7.09. The van der Waals surface area contributed by atoms with Crippen molar-refractivity contribution in [1.82, 2.24) is 10.2 Å². The van der Waals surface area contributed by atoms with Crippen LogP contribution in [0.25, 0.3) is 0 Å². The van der Waals surface area contributed by atoms with E-state index in [1.807, 2.05) is 6.07 Å². The molecule has 0 radical (unpaired) electrons. The number of rotatable bonds is 7. The van der Waals surface area contributed by atoms with Gasteiger partial charge in [0.15, 0.2) is 11.6 Å². The Bertz CT molecular complexity index is 924. The Morgan fingerprint density at radius 3 is 2.66 bits per heavy atom. The van der Waals surface area contributed by atoms with Crippen molar-refractivity contribution in [3.63, 3.8) is 0 Å². The van der Waals surface area contributed by atoms with Gasteiger partial charge in [-0.2, -0.15) is 0 Å². The first-order valence-electron chi connectivity index (χ1n) is 9.28. The lowest BCUT2D eigenvalue weighted by atomic mass is 10.1. The van der Waals surface area contributed by atoms with Crippen LogP contribution in [-0.2, 0) is 22.6 Å². The number of amides is 2. The summed E-state index contributed by atoms with van der Waals surface area (Å²) in [6, 6.07) is 8.85. The van der Waals surface area contributed by atoms with Crippen LogP contribution < -0.4 is 5.32 Å². The molecule has 8 heteroatoms. The van der Waals surface area contributed by atoms with Gasteiger partial charge in [0.2, 0.25) is 11.8 Å². The van der Waals surface area contributed by atoms with E-state index in [1.165, 1.54) is 17.0 Å². The van der Waals surface area contributed by atoms with Crippen LogP contribution in [0.15, 0.2) is 36.4 Å². The lowest BCUT2D eigenvalue weighted by molar-refractivity contribution is -0.130. The molecule has 29 heavy (non-hydrogen) atoms. The van der Waals surface area contributed by atoms with Gasteiger partial charge >= 0.3 is 0 Å². The molecule has 0 aromatic heterocycles. The molecule has 1 unspecified atom stereocenters. The summed E-state index contributed by atoms with van der Waals surface area (Å²) in [4.78, 5) is 26.0. The predicted octanol–water partition coefficient (Wildman–Crippen LogP) is 4.51. The Hall–Kier alpha value is -2.18. The smallest absolute Gasteiger partial charge is 0.223 e. The van der Waals surface area contributed by atoms with E-state index in [0.29, 0.717) is 29.4 Å². The number of likely N-dealkylation sites (tertiary alicyclic amines) is 1. The molecule has 0 aliphatic carbocycles. The van der Waals surface area contributed by atoms with Gasteiger partial charge < -0.3 is 10.2 Å². The minimum atomic E-state index is -0.964. The van der Waals surface area contributed by atoms with E-state index in [9.17, 15) is 18.4 Å². The molecule has 3 rings (SSSR count). The van der Waals surface area contributed by atoms with Crippen LogP contribution in [0.5, 0.6) is 0 Å². The first kappa shape index (κ1) is 21.5. The largest absolute Gasteiger partial charge is 0.356 e. The van der Waals surface area contributed by atoms with Crippen molar-refractivity contribution in [2.45, 2.75) is 38.3 Å². The van der Waals surface area contributed by atoms with Gasteiger partial charge in [-0.1, -0.05) is 47.5 Å². The van der Waals surface area contributed by atoms with E-state index in [1.54, 1.807) is 12.1 Å². The minimum Gasteiger partial charge on any atom is -0.356 e. The number of benzene rings is 2. The van der Waals surface area contributed by atoms with Gasteiger partial charge in [-0.25, -0.2) is 8.78 Å². The lowest BCUT2D eigenvalue weighted by Gasteiger charge is -2.25. The Morgan fingerprint density at radius 2 is 1.86 bits per heavy atom. The summed E-state index contributed by atoms with van der Waals surface area (Å²) in [5.74, 6) is -2.30. The Labute approximate surface area is 177 Å². The molecule has 0 bridgehead atoms. The molecule has 154 valence electrons. The Morgan fingerprint density at radius 1 is 1.14 bits per heavy atom. The standard InChI is InChI=1S/C21H20Cl2F2N2O2/c22-16-5-1-3-13(20(16)23)9-10-26-18(28)11-15-7-8-19(29)27(15)12-14-4-2-6-17(24)21(14)25/h1-6,15H,7-12H2,(H,26,28). The first-order valence-corrected chi connectivity index (χ1v) is 10.0. The molecule has 0 saturated carbocycles. The summed E-state index contributed by atoms with van der Waals surface area (Å²) in [6.07, 6.45) is 1.41. The second-order valence-electron chi connectivity index (χ2n) is 6.94. The van der Waals surface area contributed by atoms with Crippen molar-refractivity contribution >= 4 is 35.0 Å². The third-order valence-corrected chi connectivity index (χ3v) is 5.85. The zero-order valence-corrected chi connectivity index (χ0v) is 17.1. The number of carbonyl (C=O) groups is 2. The molecule has 1 atom stereocenters. The average molecular weight is 441 g/mol. The van der Waals surface area contributed by atoms with Gasteiger partial charge in [-0.3, -0.25) is 9.59 Å². The SMILES string of the molecule is O=C(CC1CCC(=O)N1Cc1cccc(F)c1F)NCCc1cccc(Cl)c1Cl. The Balaban J connectivity index is 1.55. The normalized spacial score (nSPS) is 16.3. The lowest BCUT2D eigenvalue weighted by Crippen LogP contribution is -2.37. The molecule has 2 amide bonds. The van der Waals surface area contributed by atoms with Gasteiger partial charge in [-0.05, 0) is 30.5 Å². The van der Waals surface area contributed by atoms with E-state index in [-0.39, 0.29) is 42.8 Å². The van der Waals surface area contributed by atoms with E-state index in [4.69, 9.17) is 23.2 Å². The number of hydrogen-bond donors (Lipinski definition) is 1. The zero-order valence-electron chi connectivity index (χ0n) is 15.6. The molecule has 1 aliphatic heterocycles. The van der Waals surface area contributed by atoms with Crippen molar-refractivity contribution in [3.05, 3.63) is 69.2 Å². The van der Waals surface area contributed by atoms with Gasteiger partial charge in [0.05, 0.1) is 10.0 Å². The van der Waals surface area contributed by atoms with Gasteiger partial charge in [-0.15, -0.1) is 0 Å². The highest BCUT2D eigenvalue weighted by atomic mass is 35.5. The molecule has 1 fully saturated rings. The molecule has 4 nitrogen and oxygen atoms in total. The number of halogens is 4. The van der Waals surface area contributed by atoms with Crippen LogP contribution in [0.2, 0.25) is 10.0 Å². The number of nitrogens with one attached hydrogen (secondary N) is 1. The van der Waals surface area contributed by atoms with Crippen LogP contribution in [0.3, 0.4) is 0 Å². The van der Waals surface area contributed by atoms with Crippen LogP contribution in [0, 0.1) is 11.6 Å². The highest BCUT2D eigenvalue weighted by Crippen LogP contribution is 2.26. The molecule has 1 saturated heterocycles. The van der Waals surface area contributed by atoms with E-state index in [2.05, 4.69) is 5.32 Å². The van der Waals surface area contributed by atoms with Crippen molar-refractivity contribution in [3.8, 4) is 0 Å². The average Bonchev–Trinajstić information content (AvgIpc) is 3.02. The second-order valence-corrected chi connectivity index (χ2v) is 7.73.